The van der Waals surface area contributed by atoms with Gasteiger partial charge in [-0.15, -0.1) is 0 Å². The summed E-state index contributed by atoms with van der Waals surface area (Å²) in [6, 6.07) is 19.6. The van der Waals surface area contributed by atoms with Crippen LogP contribution in [-0.2, 0) is 26.2 Å². The molecule has 1 atom stereocenters. The molecule has 37 heavy (non-hydrogen) atoms. The second-order valence-electron chi connectivity index (χ2n) is 8.84. The summed E-state index contributed by atoms with van der Waals surface area (Å²) in [5.74, 6) is -0.834. The number of benzene rings is 3. The van der Waals surface area contributed by atoms with E-state index in [4.69, 9.17) is 11.6 Å². The van der Waals surface area contributed by atoms with E-state index in [-0.39, 0.29) is 17.3 Å². The molecule has 3 rings (SSSR count). The Morgan fingerprint density at radius 3 is 2.32 bits per heavy atom. The zero-order valence-electron chi connectivity index (χ0n) is 21.4. The maximum Gasteiger partial charge on any atom is 0.264 e. The number of nitrogens with one attached hydrogen (secondary N) is 1. The number of nitrogens with zero attached hydrogens (tertiary/aromatic N) is 2. The quantitative estimate of drug-likeness (QED) is 0.403. The third-order valence-corrected chi connectivity index (χ3v) is 8.01. The molecule has 0 saturated carbocycles. The number of likely N-dealkylation sites (N-methyl/N-ethyl adjacent to an activating group) is 1. The van der Waals surface area contributed by atoms with Gasteiger partial charge in [-0.05, 0) is 63.1 Å². The van der Waals surface area contributed by atoms with Crippen molar-refractivity contribution in [2.45, 2.75) is 45.2 Å². The van der Waals surface area contributed by atoms with Gasteiger partial charge in [0.25, 0.3) is 10.0 Å². The molecule has 7 nitrogen and oxygen atoms in total. The van der Waals surface area contributed by atoms with Crippen molar-refractivity contribution >= 4 is 39.1 Å². The van der Waals surface area contributed by atoms with Gasteiger partial charge in [0.1, 0.15) is 12.6 Å². The van der Waals surface area contributed by atoms with Crippen molar-refractivity contribution in [3.8, 4) is 0 Å². The lowest BCUT2D eigenvalue weighted by Gasteiger charge is -2.32. The second kappa shape index (κ2) is 12.3. The minimum Gasteiger partial charge on any atom is -0.355 e. The van der Waals surface area contributed by atoms with Gasteiger partial charge in [-0.25, -0.2) is 8.42 Å². The number of aryl methyl sites for hydroxylation is 2. The predicted molar refractivity (Wildman–Crippen MR) is 147 cm³/mol. The molecule has 0 aromatic heterocycles. The number of carbonyl (C=O) groups is 2. The monoisotopic (exact) mass is 541 g/mol. The molecular weight excluding hydrogens is 510 g/mol. The van der Waals surface area contributed by atoms with Gasteiger partial charge >= 0.3 is 0 Å². The van der Waals surface area contributed by atoms with Gasteiger partial charge in [0, 0.05) is 18.1 Å². The fourth-order valence-corrected chi connectivity index (χ4v) is 5.65. The Balaban J connectivity index is 2.06. The van der Waals surface area contributed by atoms with Gasteiger partial charge in [0.05, 0.1) is 10.6 Å². The molecule has 0 aliphatic rings. The Morgan fingerprint density at radius 2 is 1.68 bits per heavy atom. The van der Waals surface area contributed by atoms with Crippen molar-refractivity contribution < 1.29 is 18.0 Å². The van der Waals surface area contributed by atoms with Gasteiger partial charge in [0.15, 0.2) is 0 Å². The third kappa shape index (κ3) is 6.90. The van der Waals surface area contributed by atoms with Crippen molar-refractivity contribution in [3.05, 3.63) is 94.5 Å². The van der Waals surface area contributed by atoms with Crippen LogP contribution in [0.4, 0.5) is 5.69 Å². The largest absolute Gasteiger partial charge is 0.355 e. The van der Waals surface area contributed by atoms with Gasteiger partial charge in [-0.1, -0.05) is 65.7 Å². The Kier molecular flexibility index (Phi) is 9.34. The average Bonchev–Trinajstić information content (AvgIpc) is 2.87. The number of sulfonamides is 1. The van der Waals surface area contributed by atoms with E-state index >= 15 is 0 Å². The molecule has 2 amide bonds. The highest BCUT2D eigenvalue weighted by atomic mass is 35.5. The highest BCUT2D eigenvalue weighted by molar-refractivity contribution is 7.92. The van der Waals surface area contributed by atoms with E-state index in [1.54, 1.807) is 51.1 Å². The molecule has 196 valence electrons. The first-order chi connectivity index (χ1) is 17.5. The molecule has 0 spiro atoms. The molecular formula is C28H32ClN3O4S. The average molecular weight is 542 g/mol. The van der Waals surface area contributed by atoms with Crippen LogP contribution < -0.4 is 9.62 Å². The standard InChI is InChI=1S/C28H32ClN3O4S/c1-5-30-28(34)22(4)31(18-23-11-9-10-20(2)16-23)27(33)19-32(26-17-24(29)15-14-21(26)3)37(35,36)25-12-7-6-8-13-25/h6-17,22H,5,18-19H2,1-4H3,(H,30,34)/t22-/m0/s1. The third-order valence-electron chi connectivity index (χ3n) is 6.00. The zero-order chi connectivity index (χ0) is 27.2. The minimum absolute atomic E-state index is 0.0455. The summed E-state index contributed by atoms with van der Waals surface area (Å²) in [5.41, 5.74) is 2.78. The lowest BCUT2D eigenvalue weighted by atomic mass is 10.1. The molecule has 0 unspecified atom stereocenters. The number of hydrogen-bond donors (Lipinski definition) is 1. The Labute approximate surface area is 224 Å². The topological polar surface area (TPSA) is 86.8 Å². The van der Waals surface area contributed by atoms with Crippen molar-refractivity contribution in [1.29, 1.82) is 0 Å². The molecule has 0 bridgehead atoms. The SMILES string of the molecule is CCNC(=O)[C@H](C)N(Cc1cccc(C)c1)C(=O)CN(c1cc(Cl)ccc1C)S(=O)(=O)c1ccccc1. The van der Waals surface area contributed by atoms with Crippen LogP contribution in [0, 0.1) is 13.8 Å². The van der Waals surface area contributed by atoms with E-state index < -0.39 is 28.5 Å². The molecule has 1 N–H and O–H groups in total. The molecule has 0 fully saturated rings. The molecule has 0 aliphatic heterocycles. The Bertz CT molecular complexity index is 1360. The number of halogens is 1. The highest BCUT2D eigenvalue weighted by Gasteiger charge is 2.33. The summed E-state index contributed by atoms with van der Waals surface area (Å²) in [6.07, 6.45) is 0. The first-order valence-electron chi connectivity index (χ1n) is 12.0. The van der Waals surface area contributed by atoms with Gasteiger partial charge in [-0.3, -0.25) is 13.9 Å². The van der Waals surface area contributed by atoms with E-state index in [9.17, 15) is 18.0 Å². The second-order valence-corrected chi connectivity index (χ2v) is 11.1. The molecule has 9 heteroatoms. The van der Waals surface area contributed by atoms with Crippen LogP contribution >= 0.6 is 11.6 Å². The first-order valence-corrected chi connectivity index (χ1v) is 13.8. The lowest BCUT2D eigenvalue weighted by molar-refractivity contribution is -0.139. The van der Waals surface area contributed by atoms with Crippen LogP contribution in [0.2, 0.25) is 5.02 Å². The summed E-state index contributed by atoms with van der Waals surface area (Å²) in [6.45, 7) is 7.18. The van der Waals surface area contributed by atoms with Crippen LogP contribution in [0.1, 0.15) is 30.5 Å². The Morgan fingerprint density at radius 1 is 0.973 bits per heavy atom. The number of anilines is 1. The zero-order valence-corrected chi connectivity index (χ0v) is 23.0. The van der Waals surface area contributed by atoms with E-state index in [2.05, 4.69) is 5.32 Å². The van der Waals surface area contributed by atoms with Crippen molar-refractivity contribution in [2.24, 2.45) is 0 Å². The first kappa shape index (κ1) is 28.2. The lowest BCUT2D eigenvalue weighted by Crippen LogP contribution is -2.51. The summed E-state index contributed by atoms with van der Waals surface area (Å²) in [5, 5.41) is 3.09. The van der Waals surface area contributed by atoms with E-state index in [0.717, 1.165) is 15.4 Å². The van der Waals surface area contributed by atoms with Crippen LogP contribution in [0.3, 0.4) is 0 Å². The smallest absolute Gasteiger partial charge is 0.264 e. The summed E-state index contributed by atoms with van der Waals surface area (Å²) in [4.78, 5) is 28.1. The van der Waals surface area contributed by atoms with Crippen LogP contribution in [-0.4, -0.2) is 44.3 Å². The maximum atomic E-state index is 13.8. The highest BCUT2D eigenvalue weighted by Crippen LogP contribution is 2.30. The van der Waals surface area contributed by atoms with Crippen LogP contribution in [0.5, 0.6) is 0 Å². The minimum atomic E-state index is -4.13. The number of rotatable bonds is 10. The number of carbonyl (C=O) groups excluding carboxylic acids is 2. The van der Waals surface area contributed by atoms with Gasteiger partial charge < -0.3 is 10.2 Å². The van der Waals surface area contributed by atoms with E-state index in [0.29, 0.717) is 22.8 Å². The normalized spacial score (nSPS) is 12.0. The number of hydrogen-bond acceptors (Lipinski definition) is 4. The summed E-state index contributed by atoms with van der Waals surface area (Å²) < 4.78 is 28.7. The predicted octanol–water partition coefficient (Wildman–Crippen LogP) is 4.71. The van der Waals surface area contributed by atoms with Gasteiger partial charge in [-0.2, -0.15) is 0 Å². The molecule has 3 aromatic rings. The van der Waals surface area contributed by atoms with Crippen LogP contribution in [0.15, 0.2) is 77.7 Å². The Hall–Kier alpha value is -3.36. The molecule has 0 aliphatic carbocycles. The van der Waals surface area contributed by atoms with Crippen LogP contribution in [0.25, 0.3) is 0 Å². The molecule has 0 saturated heterocycles. The van der Waals surface area contributed by atoms with Gasteiger partial charge in [0.2, 0.25) is 11.8 Å². The molecule has 3 aromatic carbocycles. The van der Waals surface area contributed by atoms with Crippen molar-refractivity contribution in [2.75, 3.05) is 17.4 Å². The summed E-state index contributed by atoms with van der Waals surface area (Å²) >= 11 is 6.24. The van der Waals surface area contributed by atoms with E-state index in [1.165, 1.54) is 23.1 Å². The fourth-order valence-electron chi connectivity index (χ4n) is 4.00. The van der Waals surface area contributed by atoms with E-state index in [1.807, 2.05) is 31.2 Å². The fraction of sp³-hybridized carbons (Fsp3) is 0.286. The summed E-state index contributed by atoms with van der Waals surface area (Å²) in [7, 11) is -4.13. The molecule has 0 radical (unpaired) electrons. The molecule has 0 heterocycles. The maximum absolute atomic E-state index is 13.8. The van der Waals surface area contributed by atoms with Crippen molar-refractivity contribution in [3.63, 3.8) is 0 Å². The number of amides is 2. The van der Waals surface area contributed by atoms with Crippen molar-refractivity contribution in [1.82, 2.24) is 10.2 Å².